The topological polar surface area (TPSA) is 56.6 Å². The molecule has 0 radical (unpaired) electrons. The van der Waals surface area contributed by atoms with Gasteiger partial charge in [-0.05, 0) is 56.8 Å². The van der Waals surface area contributed by atoms with E-state index in [1.165, 1.54) is 12.8 Å². The maximum Gasteiger partial charge on any atom is 0.289 e. The summed E-state index contributed by atoms with van der Waals surface area (Å²) in [6.07, 6.45) is 11.5. The molecule has 1 amide bonds. The highest BCUT2D eigenvalue weighted by molar-refractivity contribution is 5.90. The lowest BCUT2D eigenvalue weighted by atomic mass is 9.78. The van der Waals surface area contributed by atoms with Gasteiger partial charge in [-0.3, -0.25) is 4.79 Å². The zero-order valence-electron chi connectivity index (χ0n) is 15.9. The second-order valence-corrected chi connectivity index (χ2v) is 8.35. The normalized spacial score (nSPS) is 25.6. The number of amides is 1. The lowest BCUT2D eigenvalue weighted by molar-refractivity contribution is -0.126. The maximum absolute atomic E-state index is 12.6. The van der Waals surface area contributed by atoms with Crippen LogP contribution in [0.3, 0.4) is 0 Å². The van der Waals surface area contributed by atoms with Crippen molar-refractivity contribution in [2.75, 3.05) is 32.9 Å². The second-order valence-electron chi connectivity index (χ2n) is 8.35. The number of aromatic nitrogens is 2. The van der Waals surface area contributed by atoms with Gasteiger partial charge in [0.1, 0.15) is 0 Å². The number of rotatable bonds is 6. The Hall–Kier alpha value is -1.40. The van der Waals surface area contributed by atoms with Crippen molar-refractivity contribution in [2.24, 2.45) is 18.9 Å². The van der Waals surface area contributed by atoms with Gasteiger partial charge in [-0.1, -0.05) is 0 Å². The summed E-state index contributed by atoms with van der Waals surface area (Å²) < 4.78 is 13.9. The van der Waals surface area contributed by atoms with Gasteiger partial charge in [-0.25, -0.2) is 4.98 Å². The van der Waals surface area contributed by atoms with Crippen molar-refractivity contribution in [1.82, 2.24) is 14.5 Å². The lowest BCUT2D eigenvalue weighted by Gasteiger charge is -2.46. The molecule has 26 heavy (non-hydrogen) atoms. The molecule has 0 bridgehead atoms. The summed E-state index contributed by atoms with van der Waals surface area (Å²) in [6.45, 7) is 4.22. The third-order valence-corrected chi connectivity index (χ3v) is 6.29. The number of aryl methyl sites for hydroxylation is 1. The van der Waals surface area contributed by atoms with E-state index in [1.54, 1.807) is 10.8 Å². The fourth-order valence-electron chi connectivity index (χ4n) is 4.34. The fourth-order valence-corrected chi connectivity index (χ4v) is 4.34. The number of piperidine rings is 1. The molecular formula is C20H31N3O3. The predicted molar refractivity (Wildman–Crippen MR) is 97.9 cm³/mol. The van der Waals surface area contributed by atoms with Gasteiger partial charge in [0.15, 0.2) is 5.82 Å². The predicted octanol–water partition coefficient (Wildman–Crippen LogP) is 2.64. The Kier molecular flexibility index (Phi) is 5.32. The average Bonchev–Trinajstić information content (AvgIpc) is 3.38. The van der Waals surface area contributed by atoms with Gasteiger partial charge in [-0.2, -0.15) is 0 Å². The van der Waals surface area contributed by atoms with E-state index in [9.17, 15) is 4.79 Å². The number of hydrogen-bond donors (Lipinski definition) is 0. The van der Waals surface area contributed by atoms with E-state index < -0.39 is 0 Å². The minimum Gasteiger partial charge on any atom is -0.381 e. The molecular weight excluding hydrogens is 330 g/mol. The number of imidazole rings is 1. The molecule has 1 unspecified atom stereocenters. The van der Waals surface area contributed by atoms with Gasteiger partial charge in [-0.15, -0.1) is 0 Å². The highest BCUT2D eigenvalue weighted by atomic mass is 16.5. The van der Waals surface area contributed by atoms with Crippen molar-refractivity contribution in [3.63, 3.8) is 0 Å². The number of carbonyl (C=O) groups excluding carboxylic acids is 1. The summed E-state index contributed by atoms with van der Waals surface area (Å²) >= 11 is 0. The number of likely N-dealkylation sites (tertiary alicyclic amines) is 1. The molecule has 1 aliphatic carbocycles. The summed E-state index contributed by atoms with van der Waals surface area (Å²) in [7, 11) is 1.87. The highest BCUT2D eigenvalue weighted by Crippen LogP contribution is 2.39. The van der Waals surface area contributed by atoms with Crippen LogP contribution in [0.4, 0.5) is 0 Å². The first-order valence-electron chi connectivity index (χ1n) is 10.1. The van der Waals surface area contributed by atoms with E-state index in [0.717, 1.165) is 70.9 Å². The molecule has 0 aromatic carbocycles. The van der Waals surface area contributed by atoms with Crippen molar-refractivity contribution in [2.45, 2.75) is 50.5 Å². The van der Waals surface area contributed by atoms with Crippen LogP contribution in [0.5, 0.6) is 0 Å². The molecule has 144 valence electrons. The monoisotopic (exact) mass is 361 g/mol. The molecule has 2 saturated heterocycles. The molecule has 1 aromatic heterocycles. The standard InChI is InChI=1S/C20H31N3O3/c1-22-11-8-21-18(22)19(24)23-9-6-20(7-10-23)14-16(5-13-26-20)4-12-25-15-17-2-3-17/h8,11,16-17H,2-7,9-10,12-15H2,1H3. The summed E-state index contributed by atoms with van der Waals surface area (Å²) in [5.41, 5.74) is -0.0299. The number of ether oxygens (including phenoxy) is 2. The van der Waals surface area contributed by atoms with Crippen LogP contribution in [0.15, 0.2) is 12.4 Å². The fraction of sp³-hybridized carbons (Fsp3) is 0.800. The van der Waals surface area contributed by atoms with Crippen LogP contribution >= 0.6 is 0 Å². The van der Waals surface area contributed by atoms with E-state index in [0.29, 0.717) is 11.7 Å². The smallest absolute Gasteiger partial charge is 0.289 e. The summed E-state index contributed by atoms with van der Waals surface area (Å²) in [4.78, 5) is 18.8. The van der Waals surface area contributed by atoms with E-state index in [2.05, 4.69) is 4.98 Å². The molecule has 1 saturated carbocycles. The van der Waals surface area contributed by atoms with Gasteiger partial charge in [0.2, 0.25) is 0 Å². The lowest BCUT2D eigenvalue weighted by Crippen LogP contribution is -2.51. The molecule has 3 aliphatic rings. The third-order valence-electron chi connectivity index (χ3n) is 6.29. The Morgan fingerprint density at radius 2 is 2.12 bits per heavy atom. The Morgan fingerprint density at radius 1 is 1.31 bits per heavy atom. The first kappa shape index (κ1) is 18.0. The quantitative estimate of drug-likeness (QED) is 0.731. The Balaban J connectivity index is 1.25. The molecule has 0 N–H and O–H groups in total. The zero-order valence-corrected chi connectivity index (χ0v) is 15.9. The second kappa shape index (κ2) is 7.69. The van der Waals surface area contributed by atoms with Crippen LogP contribution in [0.1, 0.15) is 55.6 Å². The minimum atomic E-state index is -0.0299. The number of nitrogens with zero attached hydrogens (tertiary/aromatic N) is 3. The zero-order chi connectivity index (χ0) is 18.0. The van der Waals surface area contributed by atoms with Gasteiger partial charge in [0, 0.05) is 52.4 Å². The Labute approximate surface area is 155 Å². The minimum absolute atomic E-state index is 0.0299. The molecule has 3 fully saturated rings. The molecule has 1 spiro atoms. The SMILES string of the molecule is Cn1ccnc1C(=O)N1CCC2(CC1)CC(CCOCC1CC1)CCO2. The number of carbonyl (C=O) groups is 1. The maximum atomic E-state index is 12.6. The Bertz CT molecular complexity index is 618. The average molecular weight is 361 g/mol. The molecule has 3 heterocycles. The van der Waals surface area contributed by atoms with Gasteiger partial charge < -0.3 is 18.9 Å². The first-order chi connectivity index (χ1) is 12.7. The first-order valence-corrected chi connectivity index (χ1v) is 10.1. The van der Waals surface area contributed by atoms with Crippen LogP contribution in [-0.4, -0.2) is 58.9 Å². The van der Waals surface area contributed by atoms with Crippen molar-refractivity contribution < 1.29 is 14.3 Å². The van der Waals surface area contributed by atoms with E-state index in [1.807, 2.05) is 18.1 Å². The van der Waals surface area contributed by atoms with Crippen molar-refractivity contribution >= 4 is 5.91 Å². The van der Waals surface area contributed by atoms with Crippen LogP contribution in [0.2, 0.25) is 0 Å². The Morgan fingerprint density at radius 3 is 2.81 bits per heavy atom. The third kappa shape index (κ3) is 4.12. The van der Waals surface area contributed by atoms with Crippen LogP contribution in [0.25, 0.3) is 0 Å². The molecule has 2 aliphatic heterocycles. The molecule has 1 aromatic rings. The van der Waals surface area contributed by atoms with Crippen LogP contribution in [-0.2, 0) is 16.5 Å². The van der Waals surface area contributed by atoms with Crippen LogP contribution in [0, 0.1) is 11.8 Å². The van der Waals surface area contributed by atoms with E-state index >= 15 is 0 Å². The summed E-state index contributed by atoms with van der Waals surface area (Å²) in [5.74, 6) is 2.10. The van der Waals surface area contributed by atoms with Gasteiger partial charge >= 0.3 is 0 Å². The molecule has 4 rings (SSSR count). The van der Waals surface area contributed by atoms with Crippen LogP contribution < -0.4 is 0 Å². The van der Waals surface area contributed by atoms with Gasteiger partial charge in [0.25, 0.3) is 5.91 Å². The van der Waals surface area contributed by atoms with Crippen molar-refractivity contribution in [3.05, 3.63) is 18.2 Å². The number of hydrogen-bond acceptors (Lipinski definition) is 4. The van der Waals surface area contributed by atoms with E-state index in [-0.39, 0.29) is 11.5 Å². The summed E-state index contributed by atoms with van der Waals surface area (Å²) in [6, 6.07) is 0. The molecule has 1 atom stereocenters. The largest absolute Gasteiger partial charge is 0.381 e. The molecule has 6 nitrogen and oxygen atoms in total. The van der Waals surface area contributed by atoms with Crippen molar-refractivity contribution in [1.29, 1.82) is 0 Å². The summed E-state index contributed by atoms with van der Waals surface area (Å²) in [5, 5.41) is 0. The van der Waals surface area contributed by atoms with E-state index in [4.69, 9.17) is 9.47 Å². The molecule has 6 heteroatoms. The van der Waals surface area contributed by atoms with Crippen molar-refractivity contribution in [3.8, 4) is 0 Å². The van der Waals surface area contributed by atoms with Gasteiger partial charge in [0.05, 0.1) is 5.60 Å². The highest BCUT2D eigenvalue weighted by Gasteiger charge is 2.41.